The number of amides is 1. The molecule has 2 aliphatic heterocycles. The SMILES string of the molecule is CC(C)C1CC2(CCN(C(=O)C3CCN(CC4(COC(C)(C)C)CC4)CC3)CC2)C1. The van der Waals surface area contributed by atoms with Crippen molar-refractivity contribution in [2.75, 3.05) is 39.3 Å². The highest BCUT2D eigenvalue weighted by atomic mass is 16.5. The molecule has 172 valence electrons. The molecule has 2 heterocycles. The number of carbonyl (C=O) groups excluding carboxylic acids is 1. The van der Waals surface area contributed by atoms with E-state index in [1.807, 2.05) is 0 Å². The van der Waals surface area contributed by atoms with Crippen molar-refractivity contribution in [1.29, 1.82) is 0 Å². The molecule has 1 amide bonds. The smallest absolute Gasteiger partial charge is 0.225 e. The largest absolute Gasteiger partial charge is 0.375 e. The van der Waals surface area contributed by atoms with E-state index in [9.17, 15) is 4.79 Å². The fraction of sp³-hybridized carbons (Fsp3) is 0.962. The summed E-state index contributed by atoms with van der Waals surface area (Å²) in [5.74, 6) is 2.48. The summed E-state index contributed by atoms with van der Waals surface area (Å²) in [6.07, 6.45) is 10.0. The van der Waals surface area contributed by atoms with Gasteiger partial charge in [0.15, 0.2) is 0 Å². The van der Waals surface area contributed by atoms with Gasteiger partial charge < -0.3 is 14.5 Å². The molecule has 0 aromatic heterocycles. The predicted molar refractivity (Wildman–Crippen MR) is 122 cm³/mol. The second-order valence-electron chi connectivity index (χ2n) is 12.7. The summed E-state index contributed by atoms with van der Waals surface area (Å²) in [6.45, 7) is 17.4. The summed E-state index contributed by atoms with van der Waals surface area (Å²) in [5, 5.41) is 0. The van der Waals surface area contributed by atoms with Crippen molar-refractivity contribution in [1.82, 2.24) is 9.80 Å². The topological polar surface area (TPSA) is 32.8 Å². The first-order valence-corrected chi connectivity index (χ1v) is 12.7. The number of ether oxygens (including phenoxy) is 1. The van der Waals surface area contributed by atoms with Crippen LogP contribution < -0.4 is 0 Å². The minimum atomic E-state index is -0.0444. The number of hydrogen-bond donors (Lipinski definition) is 0. The minimum Gasteiger partial charge on any atom is -0.375 e. The van der Waals surface area contributed by atoms with Crippen molar-refractivity contribution in [3.8, 4) is 0 Å². The van der Waals surface area contributed by atoms with Gasteiger partial charge in [-0.2, -0.15) is 0 Å². The molecule has 4 nitrogen and oxygen atoms in total. The average Bonchev–Trinajstić information content (AvgIpc) is 3.44. The number of nitrogens with zero attached hydrogens (tertiary/aromatic N) is 2. The Balaban J connectivity index is 1.17. The van der Waals surface area contributed by atoms with Crippen LogP contribution in [-0.4, -0.2) is 60.6 Å². The van der Waals surface area contributed by atoms with Gasteiger partial charge in [0.05, 0.1) is 12.2 Å². The molecule has 4 heteroatoms. The Labute approximate surface area is 185 Å². The van der Waals surface area contributed by atoms with Gasteiger partial charge in [0.2, 0.25) is 5.91 Å². The van der Waals surface area contributed by atoms with E-state index in [0.717, 1.165) is 64.0 Å². The van der Waals surface area contributed by atoms with E-state index >= 15 is 0 Å². The lowest BCUT2D eigenvalue weighted by Gasteiger charge is -2.54. The van der Waals surface area contributed by atoms with Crippen molar-refractivity contribution in [3.63, 3.8) is 0 Å². The molecule has 30 heavy (non-hydrogen) atoms. The van der Waals surface area contributed by atoms with Gasteiger partial charge in [0, 0.05) is 31.0 Å². The van der Waals surface area contributed by atoms with Gasteiger partial charge in [0.25, 0.3) is 0 Å². The first kappa shape index (κ1) is 22.6. The van der Waals surface area contributed by atoms with Crippen LogP contribution in [0.1, 0.15) is 86.0 Å². The van der Waals surface area contributed by atoms with Gasteiger partial charge in [-0.25, -0.2) is 0 Å². The van der Waals surface area contributed by atoms with E-state index < -0.39 is 0 Å². The lowest BCUT2D eigenvalue weighted by molar-refractivity contribution is -0.142. The van der Waals surface area contributed by atoms with Crippen molar-refractivity contribution >= 4 is 5.91 Å². The molecule has 2 aliphatic carbocycles. The highest BCUT2D eigenvalue weighted by Crippen LogP contribution is 2.55. The third kappa shape index (κ3) is 5.23. The number of rotatable bonds is 6. The van der Waals surface area contributed by atoms with E-state index in [1.54, 1.807) is 0 Å². The molecule has 0 atom stereocenters. The minimum absolute atomic E-state index is 0.0444. The molecule has 0 aromatic rings. The first-order chi connectivity index (χ1) is 14.1. The Bertz CT molecular complexity index is 595. The van der Waals surface area contributed by atoms with Crippen LogP contribution >= 0.6 is 0 Å². The summed E-state index contributed by atoms with van der Waals surface area (Å²) in [4.78, 5) is 18.0. The quantitative estimate of drug-likeness (QED) is 0.611. The molecule has 0 N–H and O–H groups in total. The molecule has 0 unspecified atom stereocenters. The van der Waals surface area contributed by atoms with Crippen LogP contribution in [0, 0.1) is 28.6 Å². The standard InChI is InChI=1S/C26H46N2O2/c1-20(2)22-16-25(17-22)10-14-28(15-11-25)23(29)21-6-12-27(13-7-21)18-26(8-9-26)19-30-24(3,4)5/h20-22H,6-19H2,1-5H3. The molecular formula is C26H46N2O2. The Morgan fingerprint density at radius 3 is 2.10 bits per heavy atom. The van der Waals surface area contributed by atoms with Crippen LogP contribution in [0.15, 0.2) is 0 Å². The van der Waals surface area contributed by atoms with Gasteiger partial charge >= 0.3 is 0 Å². The summed E-state index contributed by atoms with van der Waals surface area (Å²) >= 11 is 0. The molecular weight excluding hydrogens is 372 g/mol. The van der Waals surface area contributed by atoms with Gasteiger partial charge in [0.1, 0.15) is 0 Å². The third-order valence-electron chi connectivity index (χ3n) is 8.73. The Morgan fingerprint density at radius 2 is 1.60 bits per heavy atom. The first-order valence-electron chi connectivity index (χ1n) is 12.7. The molecule has 0 aromatic carbocycles. The molecule has 2 saturated heterocycles. The maximum Gasteiger partial charge on any atom is 0.225 e. The Morgan fingerprint density at radius 1 is 1.00 bits per heavy atom. The molecule has 4 rings (SSSR count). The monoisotopic (exact) mass is 418 g/mol. The molecule has 4 aliphatic rings. The van der Waals surface area contributed by atoms with Gasteiger partial charge in [-0.3, -0.25) is 4.79 Å². The van der Waals surface area contributed by atoms with Crippen LogP contribution in [0.25, 0.3) is 0 Å². The zero-order chi connectivity index (χ0) is 21.6. The molecule has 0 bridgehead atoms. The number of carbonyl (C=O) groups is 1. The second-order valence-corrected chi connectivity index (χ2v) is 12.7. The zero-order valence-corrected chi connectivity index (χ0v) is 20.3. The van der Waals surface area contributed by atoms with Gasteiger partial charge in [-0.15, -0.1) is 0 Å². The number of likely N-dealkylation sites (tertiary alicyclic amines) is 2. The molecule has 4 fully saturated rings. The highest BCUT2D eigenvalue weighted by molar-refractivity contribution is 5.79. The fourth-order valence-electron chi connectivity index (χ4n) is 6.10. The van der Waals surface area contributed by atoms with Crippen LogP contribution in [0.5, 0.6) is 0 Å². The summed E-state index contributed by atoms with van der Waals surface area (Å²) in [7, 11) is 0. The second kappa shape index (κ2) is 8.39. The van der Waals surface area contributed by atoms with Gasteiger partial charge in [-0.05, 0) is 102 Å². The van der Waals surface area contributed by atoms with Crippen LogP contribution in [0.4, 0.5) is 0 Å². The molecule has 2 saturated carbocycles. The van der Waals surface area contributed by atoms with Crippen LogP contribution in [0.2, 0.25) is 0 Å². The van der Waals surface area contributed by atoms with E-state index in [0.29, 0.717) is 16.7 Å². The maximum absolute atomic E-state index is 13.1. The Hall–Kier alpha value is -0.610. The van der Waals surface area contributed by atoms with Crippen molar-refractivity contribution < 1.29 is 9.53 Å². The number of piperidine rings is 2. The van der Waals surface area contributed by atoms with Gasteiger partial charge in [-0.1, -0.05) is 13.8 Å². The lowest BCUT2D eigenvalue weighted by Crippen LogP contribution is -2.51. The van der Waals surface area contributed by atoms with Crippen LogP contribution in [-0.2, 0) is 9.53 Å². The normalized spacial score (nSPS) is 27.5. The highest BCUT2D eigenvalue weighted by Gasteiger charge is 2.48. The van der Waals surface area contributed by atoms with Crippen molar-refractivity contribution in [3.05, 3.63) is 0 Å². The zero-order valence-electron chi connectivity index (χ0n) is 20.3. The summed E-state index contributed by atoms with van der Waals surface area (Å²) in [6, 6.07) is 0. The fourth-order valence-corrected chi connectivity index (χ4v) is 6.10. The lowest BCUT2D eigenvalue weighted by atomic mass is 9.55. The van der Waals surface area contributed by atoms with E-state index in [1.165, 1.54) is 38.5 Å². The number of hydrogen-bond acceptors (Lipinski definition) is 3. The Kier molecular flexibility index (Phi) is 6.31. The van der Waals surface area contributed by atoms with E-state index in [-0.39, 0.29) is 11.5 Å². The third-order valence-corrected chi connectivity index (χ3v) is 8.73. The summed E-state index contributed by atoms with van der Waals surface area (Å²) in [5.41, 5.74) is 0.932. The predicted octanol–water partition coefficient (Wildman–Crippen LogP) is 4.97. The maximum atomic E-state index is 13.1. The van der Waals surface area contributed by atoms with Crippen molar-refractivity contribution in [2.45, 2.75) is 91.6 Å². The molecule has 1 spiro atoms. The van der Waals surface area contributed by atoms with E-state index in [2.05, 4.69) is 44.4 Å². The summed E-state index contributed by atoms with van der Waals surface area (Å²) < 4.78 is 6.10. The average molecular weight is 419 g/mol. The molecule has 0 radical (unpaired) electrons. The van der Waals surface area contributed by atoms with E-state index in [4.69, 9.17) is 4.74 Å². The van der Waals surface area contributed by atoms with Crippen LogP contribution in [0.3, 0.4) is 0 Å². The van der Waals surface area contributed by atoms with Crippen molar-refractivity contribution in [2.24, 2.45) is 28.6 Å².